The molecule has 132 valence electrons. The molecule has 7 heteroatoms. The van der Waals surface area contributed by atoms with Crippen LogP contribution in [0.15, 0.2) is 18.2 Å². The average Bonchev–Trinajstić information content (AvgIpc) is 2.89. The lowest BCUT2D eigenvalue weighted by Gasteiger charge is -2.42. The highest BCUT2D eigenvalue weighted by molar-refractivity contribution is 5.94. The summed E-state index contributed by atoms with van der Waals surface area (Å²) in [6, 6.07) is 3.68. The van der Waals surface area contributed by atoms with Crippen LogP contribution in [0.4, 0.5) is 8.78 Å². The molecule has 0 bridgehead atoms. The zero-order chi connectivity index (χ0) is 17.6. The Bertz CT molecular complexity index is 823. The van der Waals surface area contributed by atoms with Crippen molar-refractivity contribution < 1.29 is 18.3 Å². The van der Waals surface area contributed by atoms with Crippen molar-refractivity contribution in [2.45, 2.75) is 31.2 Å². The van der Waals surface area contributed by atoms with Gasteiger partial charge in [0, 0.05) is 18.3 Å². The van der Waals surface area contributed by atoms with Crippen molar-refractivity contribution >= 4 is 5.91 Å². The van der Waals surface area contributed by atoms with Crippen molar-refractivity contribution in [1.29, 1.82) is 0 Å². The zero-order valence-electron chi connectivity index (χ0n) is 13.9. The first-order valence-electron chi connectivity index (χ1n) is 8.41. The standard InChI is InChI=1S/C18H19F2N3O2/c1-23-14-8-3-2-5-11(14)16(22-23)17(24)21-18(9-25-10-18)15-12(19)6-4-7-13(15)20/h4,6-7H,2-3,5,8-10H2,1H3,(H,21,24). The van der Waals surface area contributed by atoms with Gasteiger partial charge in [-0.1, -0.05) is 6.07 Å². The number of amides is 1. The topological polar surface area (TPSA) is 56.2 Å². The number of fused-ring (bicyclic) bond motifs is 1. The lowest BCUT2D eigenvalue weighted by atomic mass is 9.86. The number of benzene rings is 1. The fourth-order valence-electron chi connectivity index (χ4n) is 3.77. The Hall–Kier alpha value is -2.28. The van der Waals surface area contributed by atoms with Gasteiger partial charge in [0.2, 0.25) is 0 Å². The fourth-order valence-corrected chi connectivity index (χ4v) is 3.77. The molecule has 2 aliphatic rings. The second-order valence-corrected chi connectivity index (χ2v) is 6.73. The quantitative estimate of drug-likeness (QED) is 0.926. The predicted molar refractivity (Wildman–Crippen MR) is 86.2 cm³/mol. The second kappa shape index (κ2) is 5.91. The first-order chi connectivity index (χ1) is 12.0. The maximum absolute atomic E-state index is 14.2. The van der Waals surface area contributed by atoms with Gasteiger partial charge in [-0.2, -0.15) is 5.10 Å². The van der Waals surface area contributed by atoms with Crippen molar-refractivity contribution in [3.63, 3.8) is 0 Å². The fraction of sp³-hybridized carbons (Fsp3) is 0.444. The van der Waals surface area contributed by atoms with Crippen LogP contribution >= 0.6 is 0 Å². The van der Waals surface area contributed by atoms with E-state index in [4.69, 9.17) is 4.74 Å². The van der Waals surface area contributed by atoms with E-state index in [0.717, 1.165) is 36.9 Å². The SMILES string of the molecule is Cn1nc(C(=O)NC2(c3c(F)cccc3F)COC2)c2c1CCCC2. The summed E-state index contributed by atoms with van der Waals surface area (Å²) in [6.45, 7) is 0.0667. The minimum absolute atomic E-state index is 0.0334. The highest BCUT2D eigenvalue weighted by Crippen LogP contribution is 2.34. The van der Waals surface area contributed by atoms with E-state index < -0.39 is 23.1 Å². The molecule has 0 saturated carbocycles. The van der Waals surface area contributed by atoms with Crippen molar-refractivity contribution in [3.8, 4) is 0 Å². The molecule has 1 N–H and O–H groups in total. The largest absolute Gasteiger partial charge is 0.376 e. The molecule has 1 aromatic carbocycles. The summed E-state index contributed by atoms with van der Waals surface area (Å²) in [5.41, 5.74) is 1.01. The first-order valence-corrected chi connectivity index (χ1v) is 8.41. The lowest BCUT2D eigenvalue weighted by molar-refractivity contribution is -0.0766. The summed E-state index contributed by atoms with van der Waals surface area (Å²) in [5.74, 6) is -1.79. The van der Waals surface area contributed by atoms with Crippen LogP contribution in [0.3, 0.4) is 0 Å². The molecular weight excluding hydrogens is 328 g/mol. The van der Waals surface area contributed by atoms with E-state index in [0.29, 0.717) is 5.69 Å². The number of nitrogens with zero attached hydrogens (tertiary/aromatic N) is 2. The number of ether oxygens (including phenoxy) is 1. The molecule has 1 amide bonds. The Morgan fingerprint density at radius 3 is 2.56 bits per heavy atom. The van der Waals surface area contributed by atoms with Crippen LogP contribution in [-0.4, -0.2) is 28.9 Å². The molecule has 1 aromatic heterocycles. The number of hydrogen-bond acceptors (Lipinski definition) is 3. The number of rotatable bonds is 3. The summed E-state index contributed by atoms with van der Waals surface area (Å²) >= 11 is 0. The van der Waals surface area contributed by atoms with Crippen LogP contribution < -0.4 is 5.32 Å². The molecule has 0 spiro atoms. The third-order valence-corrected chi connectivity index (χ3v) is 5.07. The van der Waals surface area contributed by atoms with Crippen LogP contribution in [0.1, 0.15) is 40.2 Å². The molecule has 1 aliphatic carbocycles. The smallest absolute Gasteiger partial charge is 0.272 e. The Morgan fingerprint density at radius 1 is 1.24 bits per heavy atom. The number of aromatic nitrogens is 2. The van der Waals surface area contributed by atoms with Crippen LogP contribution in [0, 0.1) is 11.6 Å². The number of carbonyl (C=O) groups excluding carboxylic acids is 1. The van der Waals surface area contributed by atoms with E-state index in [9.17, 15) is 13.6 Å². The van der Waals surface area contributed by atoms with Crippen molar-refractivity contribution in [2.24, 2.45) is 7.05 Å². The maximum Gasteiger partial charge on any atom is 0.272 e. The summed E-state index contributed by atoms with van der Waals surface area (Å²) in [6.07, 6.45) is 3.77. The predicted octanol–water partition coefficient (Wildman–Crippen LogP) is 2.23. The van der Waals surface area contributed by atoms with Gasteiger partial charge in [0.25, 0.3) is 5.91 Å². The zero-order valence-corrected chi connectivity index (χ0v) is 13.9. The van der Waals surface area contributed by atoms with Crippen LogP contribution in [0.25, 0.3) is 0 Å². The van der Waals surface area contributed by atoms with E-state index in [2.05, 4.69) is 10.4 Å². The number of aryl methyl sites for hydroxylation is 1. The van der Waals surface area contributed by atoms with Crippen LogP contribution in [-0.2, 0) is 30.2 Å². The van der Waals surface area contributed by atoms with Crippen molar-refractivity contribution in [3.05, 3.63) is 52.3 Å². The van der Waals surface area contributed by atoms with E-state index >= 15 is 0 Å². The highest BCUT2D eigenvalue weighted by Gasteiger charge is 2.46. The molecule has 1 saturated heterocycles. The lowest BCUT2D eigenvalue weighted by Crippen LogP contribution is -2.60. The number of carbonyl (C=O) groups is 1. The normalized spacial score (nSPS) is 18.4. The Balaban J connectivity index is 1.68. The molecule has 0 atom stereocenters. The average molecular weight is 347 g/mol. The van der Waals surface area contributed by atoms with E-state index in [-0.39, 0.29) is 18.8 Å². The van der Waals surface area contributed by atoms with Crippen molar-refractivity contribution in [2.75, 3.05) is 13.2 Å². The van der Waals surface area contributed by atoms with E-state index in [1.165, 1.54) is 18.2 Å². The first kappa shape index (κ1) is 16.2. The van der Waals surface area contributed by atoms with Crippen molar-refractivity contribution in [1.82, 2.24) is 15.1 Å². The third kappa shape index (κ3) is 2.54. The Labute approximate surface area is 144 Å². The van der Waals surface area contributed by atoms with Gasteiger partial charge in [-0.25, -0.2) is 8.78 Å². The van der Waals surface area contributed by atoms with E-state index in [1.54, 1.807) is 4.68 Å². The summed E-state index contributed by atoms with van der Waals surface area (Å²) in [7, 11) is 1.82. The molecule has 2 aromatic rings. The highest BCUT2D eigenvalue weighted by atomic mass is 19.1. The molecule has 0 radical (unpaired) electrons. The van der Waals surface area contributed by atoms with Gasteiger partial charge in [0.05, 0.1) is 18.8 Å². The minimum Gasteiger partial charge on any atom is -0.376 e. The molecular formula is C18H19F2N3O2. The third-order valence-electron chi connectivity index (χ3n) is 5.07. The summed E-state index contributed by atoms with van der Waals surface area (Å²) in [4.78, 5) is 12.8. The van der Waals surface area contributed by atoms with E-state index in [1.807, 2.05) is 7.05 Å². The van der Waals surface area contributed by atoms with Crippen LogP contribution in [0.2, 0.25) is 0 Å². The van der Waals surface area contributed by atoms with Gasteiger partial charge in [-0.05, 0) is 37.8 Å². The summed E-state index contributed by atoms with van der Waals surface area (Å²) < 4.78 is 35.4. The van der Waals surface area contributed by atoms with Gasteiger partial charge in [0.15, 0.2) is 5.69 Å². The Morgan fingerprint density at radius 2 is 1.92 bits per heavy atom. The maximum atomic E-state index is 14.2. The summed E-state index contributed by atoms with van der Waals surface area (Å²) in [5, 5.41) is 7.14. The molecule has 1 aliphatic heterocycles. The molecule has 25 heavy (non-hydrogen) atoms. The van der Waals surface area contributed by atoms with Crippen LogP contribution in [0.5, 0.6) is 0 Å². The van der Waals surface area contributed by atoms with Gasteiger partial charge in [-0.15, -0.1) is 0 Å². The molecule has 0 unspecified atom stereocenters. The molecule has 1 fully saturated rings. The Kier molecular flexibility index (Phi) is 3.83. The number of halogens is 2. The number of hydrogen-bond donors (Lipinski definition) is 1. The van der Waals surface area contributed by atoms with Gasteiger partial charge >= 0.3 is 0 Å². The molecule has 2 heterocycles. The van der Waals surface area contributed by atoms with Gasteiger partial charge < -0.3 is 10.1 Å². The monoisotopic (exact) mass is 347 g/mol. The van der Waals surface area contributed by atoms with Gasteiger partial charge in [0.1, 0.15) is 17.2 Å². The van der Waals surface area contributed by atoms with Gasteiger partial charge in [-0.3, -0.25) is 9.48 Å². The second-order valence-electron chi connectivity index (χ2n) is 6.73. The molecule has 5 nitrogen and oxygen atoms in total. The minimum atomic E-state index is -1.19. The number of nitrogens with one attached hydrogen (secondary N) is 1. The molecule has 4 rings (SSSR count).